The summed E-state index contributed by atoms with van der Waals surface area (Å²) in [7, 11) is 1.65. The van der Waals surface area contributed by atoms with Crippen LogP contribution >= 0.6 is 11.3 Å². The average Bonchev–Trinajstić information content (AvgIpc) is 2.84. The number of piperidine rings is 1. The number of fused-ring (bicyclic) bond motifs is 1. The van der Waals surface area contributed by atoms with E-state index in [2.05, 4.69) is 11.4 Å². The molecule has 0 aromatic carbocycles. The van der Waals surface area contributed by atoms with Crippen molar-refractivity contribution >= 4 is 23.2 Å². The molecule has 120 valence electrons. The Balaban J connectivity index is 1.81. The zero-order valence-electron chi connectivity index (χ0n) is 13.2. The van der Waals surface area contributed by atoms with Gasteiger partial charge in [0.15, 0.2) is 0 Å². The molecule has 0 bridgehead atoms. The monoisotopic (exact) mass is 320 g/mol. The predicted molar refractivity (Wildman–Crippen MR) is 88.3 cm³/mol. The van der Waals surface area contributed by atoms with Gasteiger partial charge in [0, 0.05) is 18.5 Å². The molecule has 1 aliphatic carbocycles. The minimum Gasteiger partial charge on any atom is -0.357 e. The number of carbonyl (C=O) groups excluding carboxylic acids is 2. The van der Waals surface area contributed by atoms with Crippen molar-refractivity contribution in [1.29, 1.82) is 0 Å². The summed E-state index contributed by atoms with van der Waals surface area (Å²) in [5.41, 5.74) is 1.36. The summed E-state index contributed by atoms with van der Waals surface area (Å²) in [4.78, 5) is 28.9. The van der Waals surface area contributed by atoms with E-state index < -0.39 is 0 Å². The lowest BCUT2D eigenvalue weighted by Crippen LogP contribution is -2.51. The topological polar surface area (TPSA) is 49.4 Å². The summed E-state index contributed by atoms with van der Waals surface area (Å²) in [6.07, 6.45) is 8.72. The number of carbonyl (C=O) groups is 2. The number of likely N-dealkylation sites (tertiary alicyclic amines) is 1. The molecule has 0 unspecified atom stereocenters. The lowest BCUT2D eigenvalue weighted by Gasteiger charge is -2.34. The number of hydrogen-bond acceptors (Lipinski definition) is 3. The highest BCUT2D eigenvalue weighted by atomic mass is 32.1. The molecule has 2 amide bonds. The van der Waals surface area contributed by atoms with E-state index in [9.17, 15) is 9.59 Å². The van der Waals surface area contributed by atoms with Crippen LogP contribution in [0.2, 0.25) is 0 Å². The molecule has 3 rings (SSSR count). The van der Waals surface area contributed by atoms with Gasteiger partial charge < -0.3 is 10.2 Å². The van der Waals surface area contributed by atoms with Crippen LogP contribution in [0.3, 0.4) is 0 Å². The van der Waals surface area contributed by atoms with E-state index in [1.165, 1.54) is 29.7 Å². The maximum Gasteiger partial charge on any atom is 0.264 e. The van der Waals surface area contributed by atoms with E-state index in [-0.39, 0.29) is 17.9 Å². The van der Waals surface area contributed by atoms with Crippen LogP contribution in [0, 0.1) is 0 Å². The minimum absolute atomic E-state index is 0.0360. The Bertz CT molecular complexity index is 544. The molecule has 2 aliphatic rings. The molecular formula is C17H24N2O2S. The molecule has 5 heteroatoms. The van der Waals surface area contributed by atoms with E-state index in [0.717, 1.165) is 37.0 Å². The Morgan fingerprint density at radius 2 is 2.00 bits per heavy atom. The van der Waals surface area contributed by atoms with Crippen molar-refractivity contribution in [3.8, 4) is 0 Å². The lowest BCUT2D eigenvalue weighted by atomic mass is 10.0. The quantitative estimate of drug-likeness (QED) is 0.852. The summed E-state index contributed by atoms with van der Waals surface area (Å²) in [6, 6.07) is 1.79. The Hall–Kier alpha value is -1.36. The summed E-state index contributed by atoms with van der Waals surface area (Å²) >= 11 is 1.65. The third-order valence-electron chi connectivity index (χ3n) is 4.77. The standard InChI is InChI=1S/C17H24N2O2S/c1-18-16(20)13-8-5-6-10-19(13)17(21)15-11-12-7-3-2-4-9-14(12)22-15/h11,13H,2-10H2,1H3,(H,18,20)/t13-/m1/s1. The highest BCUT2D eigenvalue weighted by Gasteiger charge is 2.33. The third kappa shape index (κ3) is 3.05. The largest absolute Gasteiger partial charge is 0.357 e. The van der Waals surface area contributed by atoms with Gasteiger partial charge >= 0.3 is 0 Å². The second kappa shape index (κ2) is 6.82. The van der Waals surface area contributed by atoms with Gasteiger partial charge in [0.25, 0.3) is 5.91 Å². The predicted octanol–water partition coefficient (Wildman–Crippen LogP) is 2.76. The number of nitrogens with zero attached hydrogens (tertiary/aromatic N) is 1. The van der Waals surface area contributed by atoms with Gasteiger partial charge in [-0.15, -0.1) is 11.3 Å². The number of rotatable bonds is 2. The molecule has 1 N–H and O–H groups in total. The fourth-order valence-corrected chi connectivity index (χ4v) is 4.74. The van der Waals surface area contributed by atoms with E-state index in [1.54, 1.807) is 23.3 Å². The van der Waals surface area contributed by atoms with Gasteiger partial charge in [0.05, 0.1) is 4.88 Å². The van der Waals surface area contributed by atoms with Gasteiger partial charge in [0.2, 0.25) is 5.91 Å². The van der Waals surface area contributed by atoms with Crippen molar-refractivity contribution in [2.24, 2.45) is 0 Å². The molecular weight excluding hydrogens is 296 g/mol. The first-order valence-electron chi connectivity index (χ1n) is 8.35. The smallest absolute Gasteiger partial charge is 0.264 e. The van der Waals surface area contributed by atoms with Crippen LogP contribution in [-0.4, -0.2) is 36.3 Å². The summed E-state index contributed by atoms with van der Waals surface area (Å²) in [6.45, 7) is 0.694. The van der Waals surface area contributed by atoms with Crippen LogP contribution < -0.4 is 5.32 Å². The lowest BCUT2D eigenvalue weighted by molar-refractivity contribution is -0.126. The molecule has 1 aromatic heterocycles. The average molecular weight is 320 g/mol. The summed E-state index contributed by atoms with van der Waals surface area (Å²) < 4.78 is 0. The Kier molecular flexibility index (Phi) is 4.81. The van der Waals surface area contributed by atoms with Crippen molar-refractivity contribution in [2.75, 3.05) is 13.6 Å². The number of nitrogens with one attached hydrogen (secondary N) is 1. The zero-order valence-corrected chi connectivity index (χ0v) is 14.0. The fourth-order valence-electron chi connectivity index (χ4n) is 3.53. The van der Waals surface area contributed by atoms with Gasteiger partial charge in [-0.25, -0.2) is 0 Å². The molecule has 1 aromatic rings. The number of aryl methyl sites for hydroxylation is 2. The molecule has 2 heterocycles. The first-order chi connectivity index (χ1) is 10.7. The van der Waals surface area contributed by atoms with Gasteiger partial charge in [-0.1, -0.05) is 6.42 Å². The van der Waals surface area contributed by atoms with Crippen LogP contribution in [0.5, 0.6) is 0 Å². The van der Waals surface area contributed by atoms with Crippen molar-refractivity contribution in [1.82, 2.24) is 10.2 Å². The maximum atomic E-state index is 12.9. The molecule has 1 saturated heterocycles. The highest BCUT2D eigenvalue weighted by molar-refractivity contribution is 7.14. The van der Waals surface area contributed by atoms with E-state index in [0.29, 0.717) is 6.54 Å². The van der Waals surface area contributed by atoms with Crippen LogP contribution in [-0.2, 0) is 17.6 Å². The van der Waals surface area contributed by atoms with Crippen molar-refractivity contribution < 1.29 is 9.59 Å². The van der Waals surface area contributed by atoms with Crippen molar-refractivity contribution in [3.63, 3.8) is 0 Å². The van der Waals surface area contributed by atoms with Crippen LogP contribution in [0.15, 0.2) is 6.07 Å². The van der Waals surface area contributed by atoms with Gasteiger partial charge in [-0.05, 0) is 56.6 Å². The molecule has 1 fully saturated rings. The van der Waals surface area contributed by atoms with Gasteiger partial charge in [-0.3, -0.25) is 9.59 Å². The zero-order chi connectivity index (χ0) is 15.5. The molecule has 4 nitrogen and oxygen atoms in total. The normalized spacial score (nSPS) is 21.9. The molecule has 22 heavy (non-hydrogen) atoms. The van der Waals surface area contributed by atoms with Crippen molar-refractivity contribution in [3.05, 3.63) is 21.4 Å². The van der Waals surface area contributed by atoms with E-state index in [1.807, 2.05) is 0 Å². The molecule has 1 atom stereocenters. The number of thiophene rings is 1. The summed E-state index contributed by atoms with van der Waals surface area (Å²) in [5, 5.41) is 2.70. The van der Waals surface area contributed by atoms with E-state index in [4.69, 9.17) is 0 Å². The number of likely N-dealkylation sites (N-methyl/N-ethyl adjacent to an activating group) is 1. The highest BCUT2D eigenvalue weighted by Crippen LogP contribution is 2.31. The second-order valence-corrected chi connectivity index (χ2v) is 7.38. The Morgan fingerprint density at radius 3 is 2.82 bits per heavy atom. The molecule has 1 aliphatic heterocycles. The second-order valence-electron chi connectivity index (χ2n) is 6.24. The molecule has 0 radical (unpaired) electrons. The first-order valence-corrected chi connectivity index (χ1v) is 9.16. The van der Waals surface area contributed by atoms with Crippen LogP contribution in [0.4, 0.5) is 0 Å². The minimum atomic E-state index is -0.298. The van der Waals surface area contributed by atoms with E-state index >= 15 is 0 Å². The fraction of sp³-hybridized carbons (Fsp3) is 0.647. The third-order valence-corrected chi connectivity index (χ3v) is 6.00. The van der Waals surface area contributed by atoms with Crippen molar-refractivity contribution in [2.45, 2.75) is 57.4 Å². The maximum absolute atomic E-state index is 12.9. The first kappa shape index (κ1) is 15.5. The Labute approximate surface area is 135 Å². The SMILES string of the molecule is CNC(=O)[C@H]1CCCCN1C(=O)c1cc2c(s1)CCCCC2. The van der Waals surface area contributed by atoms with Crippen LogP contribution in [0.25, 0.3) is 0 Å². The number of amides is 2. The number of hydrogen-bond donors (Lipinski definition) is 1. The van der Waals surface area contributed by atoms with Crippen LogP contribution in [0.1, 0.15) is 58.6 Å². The summed E-state index contributed by atoms with van der Waals surface area (Å²) in [5.74, 6) is 0.0116. The molecule has 0 saturated carbocycles. The Morgan fingerprint density at radius 1 is 1.18 bits per heavy atom. The van der Waals surface area contributed by atoms with Gasteiger partial charge in [-0.2, -0.15) is 0 Å². The molecule has 0 spiro atoms. The van der Waals surface area contributed by atoms with Gasteiger partial charge in [0.1, 0.15) is 6.04 Å².